The number of carboxylic acids is 1. The lowest BCUT2D eigenvalue weighted by atomic mass is 10.9. The molecule has 0 aromatic carbocycles. The van der Waals surface area contributed by atoms with Gasteiger partial charge in [-0.2, -0.15) is 0 Å². The van der Waals surface area contributed by atoms with E-state index in [2.05, 4.69) is 0 Å². The molecule has 0 spiro atoms. The summed E-state index contributed by atoms with van der Waals surface area (Å²) in [6, 6.07) is 0. The first kappa shape index (κ1) is 1.06. The summed E-state index contributed by atoms with van der Waals surface area (Å²) in [5.41, 5.74) is 0. The molecule has 24 valence electrons. The Morgan fingerprint density at radius 2 is 3.25 bits per heavy atom. The van der Waals surface area contributed by atoms with Crippen molar-refractivity contribution in [2.24, 2.45) is 0 Å². The fourth-order valence-corrected chi connectivity index (χ4v) is 0. The van der Waals surface area contributed by atoms with E-state index in [4.69, 9.17) is 7.85 Å². The van der Waals surface area contributed by atoms with Crippen molar-refractivity contribution in [3.05, 3.63) is 0 Å². The average Bonchev–Trinajstić information content (AvgIpc) is 1.36. The van der Waals surface area contributed by atoms with Gasteiger partial charge in [-0.05, 0) is 0 Å². The van der Waals surface area contributed by atoms with E-state index >= 15 is 0 Å². The zero-order chi connectivity index (χ0) is 5.15. The monoisotopic (exact) mass is 63.0 g/mol. The van der Waals surface area contributed by atoms with Crippen molar-refractivity contribution in [3.8, 4) is 0 Å². The van der Waals surface area contributed by atoms with Crippen molar-refractivity contribution in [3.63, 3.8) is 0 Å². The van der Waals surface area contributed by atoms with Crippen molar-refractivity contribution < 1.29 is 12.6 Å². The Morgan fingerprint density at radius 1 is 3.00 bits per heavy atom. The molecule has 0 aliphatic heterocycles. The predicted octanol–water partition coefficient (Wildman–Crippen LogP) is 0.0909. The molecule has 2 heteroatoms. The van der Waals surface area contributed by atoms with Crippen LogP contribution in [0.1, 0.15) is 9.62 Å². The van der Waals surface area contributed by atoms with Crippen LogP contribution < -0.4 is 0 Å². The molecular weight excluding hydrogens is 56.0 g/mol. The van der Waals surface area contributed by atoms with Gasteiger partial charge in [0.1, 0.15) is 0 Å². The predicted molar refractivity (Wildman–Crippen MR) is 13.3 cm³/mol. The van der Waals surface area contributed by atoms with Crippen LogP contribution >= 0.6 is 0 Å². The first-order chi connectivity index (χ1) is 2.64. The number of hydrogen-bond donors (Lipinski definition) is 1. The SMILES string of the molecule is [2H][C@H]([3H])C(=O)O. The summed E-state index contributed by atoms with van der Waals surface area (Å²) >= 11 is 0. The van der Waals surface area contributed by atoms with Gasteiger partial charge in [-0.3, -0.25) is 4.79 Å². The van der Waals surface area contributed by atoms with Crippen LogP contribution in [0.15, 0.2) is 0 Å². The molecule has 0 fully saturated rings. The number of aliphatic carboxylic acids is 1. The highest BCUT2D eigenvalue weighted by Crippen LogP contribution is 1.42. The third-order valence-corrected chi connectivity index (χ3v) is 0. The quantitative estimate of drug-likeness (QED) is 0.432. The maximum absolute atomic E-state index is 9.32. The van der Waals surface area contributed by atoms with Crippen LogP contribution in [0.2, 0.25) is 0 Å². The Balaban J connectivity index is 3.26. The second kappa shape index (κ2) is 0.875. The van der Waals surface area contributed by atoms with Crippen molar-refractivity contribution in [2.45, 2.75) is 6.88 Å². The minimum absolute atomic E-state index is 1.41. The van der Waals surface area contributed by atoms with Gasteiger partial charge in [0.2, 0.25) is 0 Å². The maximum Gasteiger partial charge on any atom is 0.300 e. The Labute approximate surface area is 26.9 Å². The molecule has 0 aromatic rings. The van der Waals surface area contributed by atoms with Gasteiger partial charge in [0.05, 0.1) is 0 Å². The molecule has 1 N–H and O–H groups in total. The lowest BCUT2D eigenvalue weighted by Gasteiger charge is -1.59. The number of rotatable bonds is 0. The number of hydrogen-bond acceptors (Lipinski definition) is 1. The summed E-state index contributed by atoms with van der Waals surface area (Å²) in [5.74, 6) is -1.41. The highest BCUT2D eigenvalue weighted by atomic mass is 16.4. The van der Waals surface area contributed by atoms with Crippen LogP contribution in [0.4, 0.5) is 0 Å². The topological polar surface area (TPSA) is 37.3 Å². The Morgan fingerprint density at radius 3 is 3.25 bits per heavy atom. The third-order valence-electron chi connectivity index (χ3n) is 0. The zero-order valence-corrected chi connectivity index (χ0v) is 1.93. The highest BCUT2D eigenvalue weighted by molar-refractivity contribution is 5.62. The van der Waals surface area contributed by atoms with Crippen molar-refractivity contribution in [1.82, 2.24) is 0 Å². The molecule has 0 unspecified atom stereocenters. The number of carbonyl (C=O) groups is 1. The molecule has 0 rings (SSSR count). The van der Waals surface area contributed by atoms with Gasteiger partial charge in [-0.1, -0.05) is 0 Å². The van der Waals surface area contributed by atoms with Crippen molar-refractivity contribution >= 4 is 5.97 Å². The Hall–Kier alpha value is -0.530. The zero-order valence-electron chi connectivity index (χ0n) is 3.93. The van der Waals surface area contributed by atoms with Crippen LogP contribution in [-0.4, -0.2) is 11.1 Å². The van der Waals surface area contributed by atoms with E-state index in [0.717, 1.165) is 0 Å². The van der Waals surface area contributed by atoms with E-state index in [1.807, 2.05) is 0 Å². The van der Waals surface area contributed by atoms with Crippen LogP contribution in [0, 0.1) is 0 Å². The van der Waals surface area contributed by atoms with Crippen LogP contribution in [-0.2, 0) is 4.79 Å². The molecule has 0 heterocycles. The second-order valence-electron chi connectivity index (χ2n) is 0.338. The van der Waals surface area contributed by atoms with Gasteiger partial charge in [0, 0.05) is 9.62 Å². The molecule has 4 heavy (non-hydrogen) atoms. The van der Waals surface area contributed by atoms with Crippen LogP contribution in [0.3, 0.4) is 0 Å². The second-order valence-corrected chi connectivity index (χ2v) is 0.338. The normalized spacial score (nSPS) is 21.0. The standard InChI is InChI=1S/C2H4O2/c1-2(3)4/h1H3,(H,3,4)/i1TD/t1-/m1/s1. The molecule has 0 aliphatic carbocycles. The molecule has 1 atom stereocenters. The fraction of sp³-hybridized carbons (Fsp3) is 0.500. The molecule has 0 saturated heterocycles. The average molecular weight is 63.1 g/mol. The van der Waals surface area contributed by atoms with Crippen LogP contribution in [0.5, 0.6) is 0 Å². The highest BCUT2D eigenvalue weighted by Gasteiger charge is 1.65. The lowest BCUT2D eigenvalue weighted by molar-refractivity contribution is -0.134. The van der Waals surface area contributed by atoms with E-state index < -0.39 is 12.8 Å². The Kier molecular flexibility index (Phi) is 0.232. The lowest BCUT2D eigenvalue weighted by Crippen LogP contribution is -1.78. The summed E-state index contributed by atoms with van der Waals surface area (Å²) in [6.45, 7) is -1.73. The van der Waals surface area contributed by atoms with Gasteiger partial charge < -0.3 is 5.11 Å². The maximum atomic E-state index is 9.32. The summed E-state index contributed by atoms with van der Waals surface area (Å²) in [5, 5.41) is 7.62. The molecule has 0 amide bonds. The van der Waals surface area contributed by atoms with Gasteiger partial charge in [0.15, 0.2) is 0 Å². The summed E-state index contributed by atoms with van der Waals surface area (Å²) < 4.78 is 12.2. The van der Waals surface area contributed by atoms with E-state index in [9.17, 15) is 4.79 Å². The fourth-order valence-electron chi connectivity index (χ4n) is 0. The van der Waals surface area contributed by atoms with Crippen molar-refractivity contribution in [1.29, 1.82) is 0 Å². The third kappa shape index (κ3) is 1.16. The largest absolute Gasteiger partial charge is 0.481 e. The first-order valence-electron chi connectivity index (χ1n) is 1.87. The summed E-state index contributed by atoms with van der Waals surface area (Å²) in [4.78, 5) is 9.32. The molecular formula is C2H4O2. The molecule has 0 bridgehead atoms. The summed E-state index contributed by atoms with van der Waals surface area (Å²) in [6.07, 6.45) is 0. The van der Waals surface area contributed by atoms with Crippen LogP contribution in [0.25, 0.3) is 0 Å². The minimum atomic E-state index is -1.73. The van der Waals surface area contributed by atoms with E-state index in [-0.39, 0.29) is 0 Å². The molecule has 0 aromatic heterocycles. The van der Waals surface area contributed by atoms with Gasteiger partial charge in [-0.25, -0.2) is 0 Å². The van der Waals surface area contributed by atoms with E-state index in [1.54, 1.807) is 0 Å². The molecule has 2 nitrogen and oxygen atoms in total. The van der Waals surface area contributed by atoms with Crippen molar-refractivity contribution in [2.75, 3.05) is 0 Å². The smallest absolute Gasteiger partial charge is 0.300 e. The molecule has 0 saturated carbocycles. The summed E-state index contributed by atoms with van der Waals surface area (Å²) in [7, 11) is 0. The van der Waals surface area contributed by atoms with E-state index in [0.29, 0.717) is 0 Å². The minimum Gasteiger partial charge on any atom is -0.481 e. The van der Waals surface area contributed by atoms with Gasteiger partial charge >= 0.3 is 0 Å². The van der Waals surface area contributed by atoms with Gasteiger partial charge in [0.25, 0.3) is 5.97 Å². The molecule has 0 aliphatic rings. The van der Waals surface area contributed by atoms with E-state index in [1.165, 1.54) is 0 Å². The molecule has 0 radical (unpaired) electrons. The number of carboxylic acid groups (broad SMARTS) is 1. The Bertz CT molecular complexity index is 60.6. The van der Waals surface area contributed by atoms with Gasteiger partial charge in [-0.15, -0.1) is 0 Å². The first-order valence-corrected chi connectivity index (χ1v) is 0.716.